The zero-order chi connectivity index (χ0) is 14.4. The van der Waals surface area contributed by atoms with Crippen LogP contribution in [0.2, 0.25) is 5.02 Å². The summed E-state index contributed by atoms with van der Waals surface area (Å²) >= 11 is 6.16. The second kappa shape index (κ2) is 4.46. The zero-order valence-electron chi connectivity index (χ0n) is 11.6. The van der Waals surface area contributed by atoms with Gasteiger partial charge in [-0.2, -0.15) is 0 Å². The molecule has 5 heteroatoms. The molecule has 2 N–H and O–H groups in total. The summed E-state index contributed by atoms with van der Waals surface area (Å²) in [6, 6.07) is 7.22. The first-order valence-electron chi connectivity index (χ1n) is 6.08. The van der Waals surface area contributed by atoms with Gasteiger partial charge in [0.25, 0.3) is 5.56 Å². The Morgan fingerprint density at radius 2 is 1.79 bits per heavy atom. The lowest BCUT2D eigenvalue weighted by Gasteiger charge is -2.21. The van der Waals surface area contributed by atoms with Gasteiger partial charge in [-0.3, -0.25) is 9.48 Å². The minimum atomic E-state index is -0.236. The van der Waals surface area contributed by atoms with Gasteiger partial charge in [0.05, 0.1) is 16.4 Å². The molecule has 102 valence electrons. The highest BCUT2D eigenvalue weighted by atomic mass is 35.5. The summed E-state index contributed by atoms with van der Waals surface area (Å²) in [6.45, 7) is 6.07. The maximum absolute atomic E-state index is 12.4. The van der Waals surface area contributed by atoms with Gasteiger partial charge in [0.1, 0.15) is 5.69 Å². The Balaban J connectivity index is 2.82. The van der Waals surface area contributed by atoms with Gasteiger partial charge in [-0.1, -0.05) is 44.5 Å². The van der Waals surface area contributed by atoms with Crippen molar-refractivity contribution in [2.24, 2.45) is 7.05 Å². The Bertz CT molecular complexity index is 677. The van der Waals surface area contributed by atoms with Gasteiger partial charge < -0.3 is 5.73 Å². The van der Waals surface area contributed by atoms with E-state index in [-0.39, 0.29) is 16.7 Å². The maximum atomic E-state index is 12.4. The van der Waals surface area contributed by atoms with Crippen LogP contribution in [0.4, 0.5) is 5.69 Å². The molecule has 0 amide bonds. The number of halogens is 1. The smallest absolute Gasteiger partial charge is 0.294 e. The summed E-state index contributed by atoms with van der Waals surface area (Å²) in [5.74, 6) is 0. The molecule has 1 heterocycles. The number of nitrogen functional groups attached to an aromatic ring is 1. The molecule has 0 aliphatic heterocycles. The molecule has 0 saturated carbocycles. The third kappa shape index (κ3) is 2.16. The van der Waals surface area contributed by atoms with E-state index in [1.165, 1.54) is 4.68 Å². The van der Waals surface area contributed by atoms with Crippen LogP contribution in [0, 0.1) is 0 Å². The number of nitrogens with two attached hydrogens (primary N) is 1. The molecule has 0 fully saturated rings. The number of anilines is 1. The van der Waals surface area contributed by atoms with Crippen molar-refractivity contribution in [3.63, 3.8) is 0 Å². The molecular weight excluding hydrogens is 262 g/mol. The lowest BCUT2D eigenvalue weighted by Crippen LogP contribution is -2.22. The molecule has 0 spiro atoms. The SMILES string of the molecule is Cn1c(C(C)(C)C)c(N)c(=O)n1-c1ccccc1Cl. The van der Waals surface area contributed by atoms with Crippen LogP contribution in [0.3, 0.4) is 0 Å². The Labute approximate surface area is 117 Å². The van der Waals surface area contributed by atoms with Gasteiger partial charge in [0.2, 0.25) is 0 Å². The van der Waals surface area contributed by atoms with E-state index in [2.05, 4.69) is 0 Å². The van der Waals surface area contributed by atoms with E-state index in [0.29, 0.717) is 10.7 Å². The second-order valence-electron chi connectivity index (χ2n) is 5.60. The first-order valence-corrected chi connectivity index (χ1v) is 6.46. The first kappa shape index (κ1) is 13.7. The van der Waals surface area contributed by atoms with E-state index in [1.54, 1.807) is 16.8 Å². The highest BCUT2D eigenvalue weighted by Crippen LogP contribution is 2.28. The number of benzene rings is 1. The predicted molar refractivity (Wildman–Crippen MR) is 79.1 cm³/mol. The van der Waals surface area contributed by atoms with Crippen molar-refractivity contribution in [2.45, 2.75) is 26.2 Å². The van der Waals surface area contributed by atoms with Crippen molar-refractivity contribution in [1.29, 1.82) is 0 Å². The van der Waals surface area contributed by atoms with E-state index < -0.39 is 0 Å². The fourth-order valence-electron chi connectivity index (χ4n) is 2.41. The first-order chi connectivity index (χ1) is 8.75. The number of para-hydroxylation sites is 1. The van der Waals surface area contributed by atoms with Crippen molar-refractivity contribution in [3.05, 3.63) is 45.3 Å². The summed E-state index contributed by atoms with van der Waals surface area (Å²) in [5.41, 5.74) is 7.24. The molecule has 19 heavy (non-hydrogen) atoms. The topological polar surface area (TPSA) is 52.9 Å². The minimum Gasteiger partial charge on any atom is -0.393 e. The number of rotatable bonds is 1. The van der Waals surface area contributed by atoms with E-state index >= 15 is 0 Å². The maximum Gasteiger partial charge on any atom is 0.294 e. The third-order valence-electron chi connectivity index (χ3n) is 3.09. The molecule has 0 atom stereocenters. The monoisotopic (exact) mass is 279 g/mol. The fraction of sp³-hybridized carbons (Fsp3) is 0.357. The van der Waals surface area contributed by atoms with Crippen LogP contribution >= 0.6 is 11.6 Å². The largest absolute Gasteiger partial charge is 0.393 e. The van der Waals surface area contributed by atoms with Crippen LogP contribution in [0.1, 0.15) is 26.5 Å². The molecule has 0 bridgehead atoms. The quantitative estimate of drug-likeness (QED) is 0.873. The lowest BCUT2D eigenvalue weighted by atomic mass is 9.91. The van der Waals surface area contributed by atoms with Crippen LogP contribution < -0.4 is 11.3 Å². The van der Waals surface area contributed by atoms with E-state index in [9.17, 15) is 4.79 Å². The average molecular weight is 280 g/mol. The third-order valence-corrected chi connectivity index (χ3v) is 3.41. The van der Waals surface area contributed by atoms with Gasteiger partial charge in [-0.25, -0.2) is 4.68 Å². The molecule has 0 unspecified atom stereocenters. The highest BCUT2D eigenvalue weighted by molar-refractivity contribution is 6.32. The van der Waals surface area contributed by atoms with E-state index in [0.717, 1.165) is 5.69 Å². The number of hydrogen-bond acceptors (Lipinski definition) is 2. The number of aromatic nitrogens is 2. The zero-order valence-corrected chi connectivity index (χ0v) is 12.3. The van der Waals surface area contributed by atoms with Gasteiger partial charge in [-0.05, 0) is 12.1 Å². The van der Waals surface area contributed by atoms with Crippen LogP contribution in [0.5, 0.6) is 0 Å². The van der Waals surface area contributed by atoms with Crippen LogP contribution in [0.25, 0.3) is 5.69 Å². The van der Waals surface area contributed by atoms with Crippen molar-refractivity contribution < 1.29 is 0 Å². The van der Waals surface area contributed by atoms with Gasteiger partial charge in [0.15, 0.2) is 0 Å². The molecule has 1 aromatic carbocycles. The standard InChI is InChI=1S/C14H18ClN3O/c1-14(2,3)12-11(16)13(19)18(17(12)4)10-8-6-5-7-9(10)15/h5-8H,16H2,1-4H3. The van der Waals surface area contributed by atoms with Crippen molar-refractivity contribution in [3.8, 4) is 5.69 Å². The number of hydrogen-bond donors (Lipinski definition) is 1. The van der Waals surface area contributed by atoms with Crippen molar-refractivity contribution in [1.82, 2.24) is 9.36 Å². The van der Waals surface area contributed by atoms with Crippen LogP contribution in [-0.2, 0) is 12.5 Å². The summed E-state index contributed by atoms with van der Waals surface area (Å²) in [7, 11) is 1.82. The van der Waals surface area contributed by atoms with Crippen molar-refractivity contribution >= 4 is 17.3 Å². The minimum absolute atomic E-state index is 0.218. The van der Waals surface area contributed by atoms with E-state index in [4.69, 9.17) is 17.3 Å². The number of nitrogens with zero attached hydrogens (tertiary/aromatic N) is 2. The average Bonchev–Trinajstić information content (AvgIpc) is 2.51. The second-order valence-corrected chi connectivity index (χ2v) is 6.01. The summed E-state index contributed by atoms with van der Waals surface area (Å²) in [4.78, 5) is 12.4. The van der Waals surface area contributed by atoms with E-state index in [1.807, 2.05) is 40.0 Å². The fourth-order valence-corrected chi connectivity index (χ4v) is 2.63. The molecule has 2 rings (SSSR count). The normalized spacial score (nSPS) is 11.8. The highest BCUT2D eigenvalue weighted by Gasteiger charge is 2.26. The summed E-state index contributed by atoms with van der Waals surface area (Å²) in [5, 5.41) is 0.519. The molecule has 0 aliphatic rings. The van der Waals surface area contributed by atoms with Gasteiger partial charge in [-0.15, -0.1) is 0 Å². The molecule has 0 saturated heterocycles. The Morgan fingerprint density at radius 1 is 1.21 bits per heavy atom. The molecule has 2 aromatic rings. The Kier molecular flexibility index (Phi) is 3.22. The molecule has 4 nitrogen and oxygen atoms in total. The Hall–Kier alpha value is -1.68. The molecule has 0 radical (unpaired) electrons. The molecule has 1 aromatic heterocycles. The molecular formula is C14H18ClN3O. The predicted octanol–water partition coefficient (Wildman–Crippen LogP) is 2.71. The lowest BCUT2D eigenvalue weighted by molar-refractivity contribution is 0.501. The van der Waals surface area contributed by atoms with Crippen molar-refractivity contribution in [2.75, 3.05) is 5.73 Å². The van der Waals surface area contributed by atoms with Gasteiger partial charge in [0, 0.05) is 12.5 Å². The molecule has 0 aliphatic carbocycles. The summed E-state index contributed by atoms with van der Waals surface area (Å²) in [6.07, 6.45) is 0. The van der Waals surface area contributed by atoms with Crippen LogP contribution in [0.15, 0.2) is 29.1 Å². The summed E-state index contributed by atoms with van der Waals surface area (Å²) < 4.78 is 3.29. The van der Waals surface area contributed by atoms with Gasteiger partial charge >= 0.3 is 0 Å². The van der Waals surface area contributed by atoms with Crippen LogP contribution in [-0.4, -0.2) is 9.36 Å². The Morgan fingerprint density at radius 3 is 2.26 bits per heavy atom.